The van der Waals surface area contributed by atoms with Gasteiger partial charge in [0.25, 0.3) is 0 Å². The van der Waals surface area contributed by atoms with Crippen LogP contribution in [0.4, 0.5) is 9.18 Å². The largest absolute Gasteiger partial charge is 0.335 e. The maximum atomic E-state index is 13.9. The van der Waals surface area contributed by atoms with E-state index in [1.807, 2.05) is 5.48 Å². The van der Waals surface area contributed by atoms with Crippen molar-refractivity contribution in [3.05, 3.63) is 0 Å². The molecule has 0 aromatic heterocycles. The smallest absolute Gasteiger partial charge is 0.317 e. The summed E-state index contributed by atoms with van der Waals surface area (Å²) >= 11 is 0. The monoisotopic (exact) mass is 399 g/mol. The number of alkyl halides is 1. The molecular formula is C19H34FN5O3. The SMILES string of the molecule is CC1NC(NC(=O)NC2CCC(C(=O)C3CCCCC3)CC2)NC(NO)C1F. The van der Waals surface area contributed by atoms with Crippen LogP contribution in [0.25, 0.3) is 0 Å². The molecule has 0 bridgehead atoms. The summed E-state index contributed by atoms with van der Waals surface area (Å²) in [7, 11) is 0. The van der Waals surface area contributed by atoms with Crippen LogP contribution in [0.15, 0.2) is 0 Å². The molecule has 9 heteroatoms. The average molecular weight is 400 g/mol. The number of nitrogens with one attached hydrogen (secondary N) is 5. The molecule has 3 rings (SSSR count). The number of amides is 2. The Labute approximate surface area is 165 Å². The number of Topliss-reactive ketones (excluding diaryl/α,β-unsaturated/α-hetero) is 1. The van der Waals surface area contributed by atoms with Gasteiger partial charge in [0.05, 0.1) is 0 Å². The van der Waals surface area contributed by atoms with Gasteiger partial charge in [-0.15, -0.1) is 0 Å². The predicted octanol–water partition coefficient (Wildman–Crippen LogP) is 1.50. The van der Waals surface area contributed by atoms with Crippen molar-refractivity contribution in [2.24, 2.45) is 11.8 Å². The second-order valence-electron chi connectivity index (χ2n) is 8.51. The Kier molecular flexibility index (Phi) is 7.62. The molecule has 4 unspecified atom stereocenters. The highest BCUT2D eigenvalue weighted by atomic mass is 19.1. The molecule has 3 fully saturated rings. The summed E-state index contributed by atoms with van der Waals surface area (Å²) in [6.45, 7) is 1.65. The fourth-order valence-electron chi connectivity index (χ4n) is 4.76. The van der Waals surface area contributed by atoms with Gasteiger partial charge in [0, 0.05) is 23.9 Å². The molecule has 0 spiro atoms. The van der Waals surface area contributed by atoms with Gasteiger partial charge in [-0.2, -0.15) is 5.48 Å². The molecule has 4 atom stereocenters. The topological polar surface area (TPSA) is 115 Å². The van der Waals surface area contributed by atoms with E-state index in [4.69, 9.17) is 5.21 Å². The summed E-state index contributed by atoms with van der Waals surface area (Å²) in [6.07, 6.45) is 6.00. The lowest BCUT2D eigenvalue weighted by Gasteiger charge is -2.38. The van der Waals surface area contributed by atoms with Crippen LogP contribution in [0, 0.1) is 11.8 Å². The van der Waals surface area contributed by atoms with Crippen LogP contribution in [-0.4, -0.2) is 47.7 Å². The molecule has 0 aromatic rings. The first-order valence-electron chi connectivity index (χ1n) is 10.6. The van der Waals surface area contributed by atoms with E-state index in [2.05, 4.69) is 21.3 Å². The Morgan fingerprint density at radius 1 is 0.929 bits per heavy atom. The highest BCUT2D eigenvalue weighted by Crippen LogP contribution is 2.32. The lowest BCUT2D eigenvalue weighted by atomic mass is 9.75. The molecule has 3 aliphatic rings. The maximum absolute atomic E-state index is 13.9. The third kappa shape index (κ3) is 5.40. The standard InChI is InChI=1S/C19H34FN5O3/c1-11-15(20)17(25-28)23-18(21-11)24-19(27)22-14-9-7-13(8-10-14)16(26)12-5-3-2-4-6-12/h11-15,17-18,21,23,25,28H,2-10H2,1H3,(H2,22,24,27). The number of hydrogen-bond donors (Lipinski definition) is 6. The van der Waals surface area contributed by atoms with E-state index in [0.717, 1.165) is 38.5 Å². The van der Waals surface area contributed by atoms with E-state index in [0.29, 0.717) is 5.78 Å². The molecule has 2 saturated carbocycles. The molecule has 1 aliphatic heterocycles. The van der Waals surface area contributed by atoms with E-state index in [-0.39, 0.29) is 23.9 Å². The Bertz CT molecular complexity index is 538. The molecule has 0 radical (unpaired) electrons. The number of carbonyl (C=O) groups is 2. The minimum atomic E-state index is -1.33. The molecule has 8 nitrogen and oxygen atoms in total. The number of rotatable bonds is 5. The van der Waals surface area contributed by atoms with Crippen LogP contribution in [0.3, 0.4) is 0 Å². The molecule has 1 saturated heterocycles. The number of urea groups is 1. The fourth-order valence-corrected chi connectivity index (χ4v) is 4.76. The van der Waals surface area contributed by atoms with Crippen molar-refractivity contribution in [1.82, 2.24) is 26.7 Å². The molecule has 1 heterocycles. The van der Waals surface area contributed by atoms with Crippen LogP contribution in [-0.2, 0) is 4.79 Å². The Hall–Kier alpha value is -1.29. The summed E-state index contributed by atoms with van der Waals surface area (Å²) in [5.74, 6) is 0.838. The first-order valence-corrected chi connectivity index (χ1v) is 10.6. The molecule has 2 aliphatic carbocycles. The van der Waals surface area contributed by atoms with Gasteiger partial charge in [-0.25, -0.2) is 9.18 Å². The second-order valence-corrected chi connectivity index (χ2v) is 8.51. The van der Waals surface area contributed by atoms with Gasteiger partial charge in [-0.1, -0.05) is 19.3 Å². The quantitative estimate of drug-likeness (QED) is 0.391. The van der Waals surface area contributed by atoms with Crippen LogP contribution in [0.2, 0.25) is 0 Å². The maximum Gasteiger partial charge on any atom is 0.317 e. The number of hydrogen-bond acceptors (Lipinski definition) is 6. The third-order valence-corrected chi connectivity index (χ3v) is 6.46. The third-order valence-electron chi connectivity index (χ3n) is 6.46. The number of halogens is 1. The molecule has 6 N–H and O–H groups in total. The summed E-state index contributed by atoms with van der Waals surface area (Å²) in [5.41, 5.74) is 1.88. The molecule has 0 aromatic carbocycles. The normalized spacial score (nSPS) is 37.2. The predicted molar refractivity (Wildman–Crippen MR) is 102 cm³/mol. The first kappa shape index (κ1) is 21.4. The zero-order valence-corrected chi connectivity index (χ0v) is 16.5. The minimum absolute atomic E-state index is 0.0390. The van der Waals surface area contributed by atoms with Gasteiger partial charge in [0.2, 0.25) is 0 Å². The number of carbonyl (C=O) groups excluding carboxylic acids is 2. The van der Waals surface area contributed by atoms with E-state index in [1.165, 1.54) is 19.3 Å². The zero-order chi connectivity index (χ0) is 20.1. The van der Waals surface area contributed by atoms with E-state index >= 15 is 0 Å². The van der Waals surface area contributed by atoms with Crippen LogP contribution in [0.1, 0.15) is 64.7 Å². The summed E-state index contributed by atoms with van der Waals surface area (Å²) < 4.78 is 13.9. The molecular weight excluding hydrogens is 365 g/mol. The molecule has 2 amide bonds. The highest BCUT2D eigenvalue weighted by Gasteiger charge is 2.36. The summed E-state index contributed by atoms with van der Waals surface area (Å²) in [4.78, 5) is 25.0. The summed E-state index contributed by atoms with van der Waals surface area (Å²) in [5, 5.41) is 20.3. The number of ketones is 1. The van der Waals surface area contributed by atoms with E-state index in [9.17, 15) is 14.0 Å². The van der Waals surface area contributed by atoms with Crippen molar-refractivity contribution in [2.75, 3.05) is 0 Å². The van der Waals surface area contributed by atoms with E-state index in [1.54, 1.807) is 6.92 Å². The van der Waals surface area contributed by atoms with Crippen molar-refractivity contribution in [3.63, 3.8) is 0 Å². The Balaban J connectivity index is 1.39. The van der Waals surface area contributed by atoms with Crippen molar-refractivity contribution >= 4 is 11.8 Å². The Morgan fingerprint density at radius 3 is 2.21 bits per heavy atom. The first-order chi connectivity index (χ1) is 13.5. The van der Waals surface area contributed by atoms with Gasteiger partial charge in [-0.05, 0) is 45.4 Å². The van der Waals surface area contributed by atoms with Crippen LogP contribution < -0.4 is 26.7 Å². The average Bonchev–Trinajstić information content (AvgIpc) is 2.71. The highest BCUT2D eigenvalue weighted by molar-refractivity contribution is 5.83. The van der Waals surface area contributed by atoms with Gasteiger partial charge in [0.1, 0.15) is 24.4 Å². The van der Waals surface area contributed by atoms with Crippen LogP contribution >= 0.6 is 0 Å². The number of hydroxylamine groups is 1. The zero-order valence-electron chi connectivity index (χ0n) is 16.5. The fraction of sp³-hybridized carbons (Fsp3) is 0.895. The minimum Gasteiger partial charge on any atom is -0.335 e. The second kappa shape index (κ2) is 9.96. The van der Waals surface area contributed by atoms with Crippen molar-refractivity contribution in [2.45, 2.75) is 95.4 Å². The van der Waals surface area contributed by atoms with Crippen molar-refractivity contribution < 1.29 is 19.2 Å². The van der Waals surface area contributed by atoms with Gasteiger partial charge >= 0.3 is 6.03 Å². The molecule has 28 heavy (non-hydrogen) atoms. The molecule has 160 valence electrons. The lowest BCUT2D eigenvalue weighted by molar-refractivity contribution is -0.128. The Morgan fingerprint density at radius 2 is 1.57 bits per heavy atom. The van der Waals surface area contributed by atoms with Crippen molar-refractivity contribution in [1.29, 1.82) is 0 Å². The van der Waals surface area contributed by atoms with Gasteiger partial charge < -0.3 is 15.8 Å². The van der Waals surface area contributed by atoms with E-state index < -0.39 is 24.7 Å². The summed E-state index contributed by atoms with van der Waals surface area (Å²) in [6, 6.07) is -0.845. The van der Waals surface area contributed by atoms with Crippen LogP contribution in [0.5, 0.6) is 0 Å². The van der Waals surface area contributed by atoms with Gasteiger partial charge in [0.15, 0.2) is 0 Å². The lowest BCUT2D eigenvalue weighted by Crippen LogP contribution is -2.72. The van der Waals surface area contributed by atoms with Crippen molar-refractivity contribution in [3.8, 4) is 0 Å². The van der Waals surface area contributed by atoms with Gasteiger partial charge in [-0.3, -0.25) is 15.4 Å².